The zero-order valence-electron chi connectivity index (χ0n) is 17.2. The third-order valence-electron chi connectivity index (χ3n) is 5.68. The highest BCUT2D eigenvalue weighted by Crippen LogP contribution is 2.30. The minimum absolute atomic E-state index is 0.0568. The molecule has 2 amide bonds. The molecule has 0 aliphatic carbocycles. The lowest BCUT2D eigenvalue weighted by molar-refractivity contribution is 0.179. The molecule has 4 rings (SSSR count). The molecule has 2 heterocycles. The highest BCUT2D eigenvalue weighted by atomic mass is 16.4. The lowest BCUT2D eigenvalue weighted by atomic mass is 9.99. The Morgan fingerprint density at radius 2 is 1.97 bits per heavy atom. The number of rotatable bonds is 6. The van der Waals surface area contributed by atoms with Gasteiger partial charge in [-0.2, -0.15) is 0 Å². The molecule has 1 N–H and O–H groups in total. The smallest absolute Gasteiger partial charge is 0.408 e. The number of aromatic nitrogens is 1. The number of hydrogen-bond acceptors (Lipinski definition) is 3. The second kappa shape index (κ2) is 9.03. The minimum Gasteiger partial charge on any atom is -0.408 e. The summed E-state index contributed by atoms with van der Waals surface area (Å²) in [6.07, 6.45) is 7.86. The summed E-state index contributed by atoms with van der Waals surface area (Å²) in [7, 11) is 1.69. The topological polar surface area (TPSA) is 67.5 Å². The van der Waals surface area contributed by atoms with Gasteiger partial charge in [-0.25, -0.2) is 9.59 Å². The number of benzene rings is 2. The second-order valence-corrected chi connectivity index (χ2v) is 7.70. The molecule has 1 unspecified atom stereocenters. The fourth-order valence-electron chi connectivity index (χ4n) is 3.96. The second-order valence-electron chi connectivity index (χ2n) is 7.70. The summed E-state index contributed by atoms with van der Waals surface area (Å²) in [5.41, 5.74) is 3.61. The lowest BCUT2D eigenvalue weighted by Gasteiger charge is -2.33. The molecule has 0 saturated heterocycles. The minimum atomic E-state index is -0.379. The van der Waals surface area contributed by atoms with Crippen LogP contribution >= 0.6 is 0 Å². The Balaban J connectivity index is 1.36. The van der Waals surface area contributed by atoms with Gasteiger partial charge in [-0.3, -0.25) is 4.57 Å². The molecule has 2 aromatic carbocycles. The summed E-state index contributed by atoms with van der Waals surface area (Å²) in [5.74, 6) is -0.379. The van der Waals surface area contributed by atoms with Crippen LogP contribution in [0.15, 0.2) is 69.9 Å². The summed E-state index contributed by atoms with van der Waals surface area (Å²) in [4.78, 5) is 26.5. The van der Waals surface area contributed by atoms with Crippen molar-refractivity contribution >= 4 is 17.1 Å². The van der Waals surface area contributed by atoms with Crippen molar-refractivity contribution in [3.63, 3.8) is 0 Å². The van der Waals surface area contributed by atoms with E-state index in [4.69, 9.17) is 4.42 Å². The van der Waals surface area contributed by atoms with Crippen LogP contribution in [0.1, 0.15) is 36.4 Å². The third kappa shape index (κ3) is 4.32. The van der Waals surface area contributed by atoms with Gasteiger partial charge >= 0.3 is 11.8 Å². The molecule has 0 spiro atoms. The fourth-order valence-corrected chi connectivity index (χ4v) is 3.96. The van der Waals surface area contributed by atoms with Crippen LogP contribution in [0, 0.1) is 0 Å². The maximum absolute atomic E-state index is 12.8. The highest BCUT2D eigenvalue weighted by Gasteiger charge is 2.26. The number of oxazole rings is 1. The van der Waals surface area contributed by atoms with Crippen LogP contribution in [-0.4, -0.2) is 28.6 Å². The van der Waals surface area contributed by atoms with E-state index in [1.807, 2.05) is 35.2 Å². The number of nitrogens with one attached hydrogen (secondary N) is 1. The van der Waals surface area contributed by atoms with E-state index >= 15 is 0 Å². The van der Waals surface area contributed by atoms with Gasteiger partial charge in [0.25, 0.3) is 0 Å². The molecule has 30 heavy (non-hydrogen) atoms. The Bertz CT molecular complexity index is 1100. The van der Waals surface area contributed by atoms with Crippen LogP contribution in [-0.2, 0) is 13.5 Å². The average Bonchev–Trinajstić information content (AvgIpc) is 3.07. The van der Waals surface area contributed by atoms with Crippen LogP contribution in [0.3, 0.4) is 0 Å². The number of fused-ring (bicyclic) bond motifs is 1. The van der Waals surface area contributed by atoms with Crippen LogP contribution in [0.4, 0.5) is 4.79 Å². The standard InChI is InChI=1S/C24H27N3O3/c1-26-21-14-13-19(17-22(21)30-24(26)29)20-12-6-8-16-27(20)23(28)25-15-7-5-11-18-9-3-2-4-10-18/h2-4,6,8-10,13-14,17,20H,5,7,11-12,15-16H2,1H3,(H,25,28). The monoisotopic (exact) mass is 405 g/mol. The molecule has 1 atom stereocenters. The maximum Gasteiger partial charge on any atom is 0.419 e. The number of urea groups is 1. The van der Waals surface area contributed by atoms with Gasteiger partial charge in [0.15, 0.2) is 5.58 Å². The number of carbonyl (C=O) groups is 1. The Morgan fingerprint density at radius 3 is 2.80 bits per heavy atom. The van der Waals surface area contributed by atoms with Crippen molar-refractivity contribution in [1.29, 1.82) is 0 Å². The van der Waals surface area contributed by atoms with E-state index in [0.717, 1.165) is 36.8 Å². The van der Waals surface area contributed by atoms with Crippen molar-refractivity contribution < 1.29 is 9.21 Å². The number of carbonyl (C=O) groups excluding carboxylic acids is 1. The predicted molar refractivity (Wildman–Crippen MR) is 117 cm³/mol. The molecule has 1 aliphatic rings. The van der Waals surface area contributed by atoms with E-state index in [0.29, 0.717) is 18.7 Å². The van der Waals surface area contributed by atoms with E-state index in [1.54, 1.807) is 7.05 Å². The molecule has 3 aromatic rings. The molecule has 156 valence electrons. The largest absolute Gasteiger partial charge is 0.419 e. The van der Waals surface area contributed by atoms with Crippen LogP contribution in [0.2, 0.25) is 0 Å². The zero-order chi connectivity index (χ0) is 20.9. The van der Waals surface area contributed by atoms with Crippen molar-refractivity contribution in [1.82, 2.24) is 14.8 Å². The number of hydrogen-bond donors (Lipinski definition) is 1. The lowest BCUT2D eigenvalue weighted by Crippen LogP contribution is -2.43. The van der Waals surface area contributed by atoms with Gasteiger partial charge in [-0.15, -0.1) is 0 Å². The summed E-state index contributed by atoms with van der Waals surface area (Å²) in [6.45, 7) is 1.22. The third-order valence-corrected chi connectivity index (χ3v) is 5.68. The fraction of sp³-hybridized carbons (Fsp3) is 0.333. The first kappa shape index (κ1) is 20.0. The van der Waals surface area contributed by atoms with Crippen molar-refractivity contribution in [3.05, 3.63) is 82.4 Å². The quantitative estimate of drug-likeness (QED) is 0.494. The van der Waals surface area contributed by atoms with Gasteiger partial charge in [-0.05, 0) is 48.9 Å². The molecule has 0 radical (unpaired) electrons. The average molecular weight is 405 g/mol. The molecule has 1 aliphatic heterocycles. The van der Waals surface area contributed by atoms with Gasteiger partial charge in [-0.1, -0.05) is 48.6 Å². The molecule has 0 bridgehead atoms. The molecule has 0 fully saturated rings. The number of amides is 2. The van der Waals surface area contributed by atoms with Crippen molar-refractivity contribution in [2.75, 3.05) is 13.1 Å². The first-order valence-electron chi connectivity index (χ1n) is 10.5. The molecular weight excluding hydrogens is 378 g/mol. The predicted octanol–water partition coefficient (Wildman–Crippen LogP) is 4.17. The number of unbranched alkanes of at least 4 members (excludes halogenated alkanes) is 1. The molecule has 6 heteroatoms. The number of aryl methyl sites for hydroxylation is 2. The number of nitrogens with zero attached hydrogens (tertiary/aromatic N) is 2. The Morgan fingerprint density at radius 1 is 1.13 bits per heavy atom. The summed E-state index contributed by atoms with van der Waals surface area (Å²) < 4.78 is 6.81. The summed E-state index contributed by atoms with van der Waals surface area (Å²) in [5, 5.41) is 3.06. The van der Waals surface area contributed by atoms with E-state index in [2.05, 4.69) is 35.7 Å². The molecule has 1 aromatic heterocycles. The van der Waals surface area contributed by atoms with Crippen molar-refractivity contribution in [3.8, 4) is 0 Å². The normalized spacial score (nSPS) is 16.2. The highest BCUT2D eigenvalue weighted by molar-refractivity contribution is 5.77. The maximum atomic E-state index is 12.8. The SMILES string of the molecule is Cn1c(=O)oc2cc(C3CC=CCN3C(=O)NCCCCc3ccccc3)ccc21. The van der Waals surface area contributed by atoms with Crippen LogP contribution in [0.25, 0.3) is 11.1 Å². The Hall–Kier alpha value is -3.28. The molecule has 6 nitrogen and oxygen atoms in total. The summed E-state index contributed by atoms with van der Waals surface area (Å²) >= 11 is 0. The van der Waals surface area contributed by atoms with Crippen LogP contribution < -0.4 is 11.1 Å². The van der Waals surface area contributed by atoms with Gasteiger partial charge in [0, 0.05) is 20.1 Å². The van der Waals surface area contributed by atoms with E-state index in [9.17, 15) is 9.59 Å². The first-order valence-corrected chi connectivity index (χ1v) is 10.5. The van der Waals surface area contributed by atoms with E-state index in [1.165, 1.54) is 10.1 Å². The van der Waals surface area contributed by atoms with Crippen molar-refractivity contribution in [2.45, 2.75) is 31.7 Å². The zero-order valence-corrected chi connectivity index (χ0v) is 17.2. The Kier molecular flexibility index (Phi) is 6.02. The van der Waals surface area contributed by atoms with Gasteiger partial charge in [0.1, 0.15) is 0 Å². The van der Waals surface area contributed by atoms with E-state index in [-0.39, 0.29) is 17.8 Å². The van der Waals surface area contributed by atoms with Crippen molar-refractivity contribution in [2.24, 2.45) is 7.05 Å². The van der Waals surface area contributed by atoms with Gasteiger partial charge < -0.3 is 14.6 Å². The molecular formula is C24H27N3O3. The Labute approximate surface area is 175 Å². The van der Waals surface area contributed by atoms with Gasteiger partial charge in [0.2, 0.25) is 0 Å². The molecule has 0 saturated carbocycles. The van der Waals surface area contributed by atoms with Crippen LogP contribution in [0.5, 0.6) is 0 Å². The van der Waals surface area contributed by atoms with E-state index < -0.39 is 0 Å². The first-order chi connectivity index (χ1) is 14.6. The summed E-state index contributed by atoms with van der Waals surface area (Å²) in [6, 6.07) is 16.0. The van der Waals surface area contributed by atoms with Gasteiger partial charge in [0.05, 0.1) is 11.6 Å².